The Hall–Kier alpha value is -0.790. The van der Waals surface area contributed by atoms with E-state index in [4.69, 9.17) is 0 Å². The molecule has 8 aliphatic rings. The molecule has 8 saturated carbocycles. The number of rotatable bonds is 5. The van der Waals surface area contributed by atoms with Gasteiger partial charge in [-0.1, -0.05) is 6.08 Å². The predicted octanol–water partition coefficient (Wildman–Crippen LogP) is 6.17. The lowest BCUT2D eigenvalue weighted by atomic mass is 9.47. The van der Waals surface area contributed by atoms with Crippen molar-refractivity contribution in [1.29, 1.82) is 0 Å². The Bertz CT molecular complexity index is 620. The molecule has 8 rings (SSSR count). The van der Waals surface area contributed by atoms with Gasteiger partial charge in [0.1, 0.15) is 0 Å². The van der Waals surface area contributed by atoms with Crippen LogP contribution in [0.2, 0.25) is 0 Å². The van der Waals surface area contributed by atoms with E-state index < -0.39 is 5.97 Å². The average Bonchev–Trinajstić information content (AvgIpc) is 2.62. The number of carbonyl (C=O) groups is 1. The molecule has 0 saturated heterocycles. The van der Waals surface area contributed by atoms with E-state index in [0.717, 1.165) is 59.2 Å². The van der Waals surface area contributed by atoms with Crippen molar-refractivity contribution in [2.75, 3.05) is 0 Å². The van der Waals surface area contributed by atoms with Gasteiger partial charge in [-0.05, 0) is 143 Å². The van der Waals surface area contributed by atoms with Crippen molar-refractivity contribution in [2.24, 2.45) is 65.1 Å². The fourth-order valence-electron chi connectivity index (χ4n) is 10.1. The smallest absolute Gasteiger partial charge is 0.330 e. The van der Waals surface area contributed by atoms with Crippen molar-refractivity contribution in [3.63, 3.8) is 0 Å². The minimum Gasteiger partial charge on any atom is -0.478 e. The summed E-state index contributed by atoms with van der Waals surface area (Å²) in [6.07, 6.45) is 18.4. The van der Waals surface area contributed by atoms with Gasteiger partial charge < -0.3 is 5.11 Å². The van der Waals surface area contributed by atoms with Crippen LogP contribution in [0.5, 0.6) is 0 Å². The monoisotopic (exact) mass is 382 g/mol. The first-order chi connectivity index (χ1) is 13.5. The molecule has 0 heterocycles. The van der Waals surface area contributed by atoms with E-state index in [9.17, 15) is 9.90 Å². The van der Waals surface area contributed by atoms with Crippen molar-refractivity contribution in [3.05, 3.63) is 11.6 Å². The summed E-state index contributed by atoms with van der Waals surface area (Å²) in [6, 6.07) is 0. The van der Waals surface area contributed by atoms with Crippen LogP contribution < -0.4 is 0 Å². The Morgan fingerprint density at radius 1 is 0.786 bits per heavy atom. The average molecular weight is 383 g/mol. The molecule has 154 valence electrons. The zero-order chi connectivity index (χ0) is 19.0. The SMILES string of the molecule is CC(=CC(CC1C2CC3CC(C2)CC1C3)C1C2CC3CC(C2)CC1C3)C(=O)O. The molecule has 1 unspecified atom stereocenters. The van der Waals surface area contributed by atoms with Gasteiger partial charge in [-0.15, -0.1) is 0 Å². The maximum atomic E-state index is 11.7. The largest absolute Gasteiger partial charge is 0.478 e. The molecule has 1 N–H and O–H groups in total. The normalized spacial score (nSPS) is 52.2. The van der Waals surface area contributed by atoms with E-state index in [-0.39, 0.29) is 0 Å². The molecule has 8 aliphatic carbocycles. The van der Waals surface area contributed by atoms with E-state index in [1.807, 2.05) is 6.92 Å². The van der Waals surface area contributed by atoms with Crippen molar-refractivity contribution >= 4 is 5.97 Å². The van der Waals surface area contributed by atoms with Crippen LogP contribution in [0.1, 0.15) is 77.6 Å². The fourth-order valence-corrected chi connectivity index (χ4v) is 10.1. The molecule has 1 atom stereocenters. The highest BCUT2D eigenvalue weighted by Crippen LogP contribution is 2.62. The first-order valence-electron chi connectivity index (χ1n) is 12.4. The van der Waals surface area contributed by atoms with Gasteiger partial charge in [-0.3, -0.25) is 0 Å². The molecule has 8 fully saturated rings. The van der Waals surface area contributed by atoms with Gasteiger partial charge in [-0.25, -0.2) is 4.79 Å². The van der Waals surface area contributed by atoms with Crippen LogP contribution in [0.25, 0.3) is 0 Å². The van der Waals surface area contributed by atoms with Gasteiger partial charge in [0.2, 0.25) is 0 Å². The minimum absolute atomic E-state index is 0.536. The van der Waals surface area contributed by atoms with Crippen molar-refractivity contribution < 1.29 is 9.90 Å². The van der Waals surface area contributed by atoms with Crippen LogP contribution in [0.4, 0.5) is 0 Å². The van der Waals surface area contributed by atoms with Crippen LogP contribution in [-0.2, 0) is 4.79 Å². The van der Waals surface area contributed by atoms with E-state index in [1.165, 1.54) is 70.6 Å². The first kappa shape index (κ1) is 18.0. The number of allylic oxidation sites excluding steroid dienone is 1. The van der Waals surface area contributed by atoms with Crippen LogP contribution in [0.15, 0.2) is 11.6 Å². The Morgan fingerprint density at radius 3 is 1.64 bits per heavy atom. The molecular weight excluding hydrogens is 344 g/mol. The van der Waals surface area contributed by atoms with Crippen LogP contribution in [0, 0.1) is 65.1 Å². The third-order valence-corrected chi connectivity index (χ3v) is 10.6. The van der Waals surface area contributed by atoms with Crippen LogP contribution in [0.3, 0.4) is 0 Å². The van der Waals surface area contributed by atoms with E-state index in [2.05, 4.69) is 6.08 Å². The number of hydrogen-bond donors (Lipinski definition) is 1. The second-order valence-electron chi connectivity index (χ2n) is 12.2. The summed E-state index contributed by atoms with van der Waals surface area (Å²) < 4.78 is 0. The lowest BCUT2D eigenvalue weighted by molar-refractivity contribution is -0.132. The zero-order valence-electron chi connectivity index (χ0n) is 17.6. The highest BCUT2D eigenvalue weighted by Gasteiger charge is 2.53. The number of aliphatic carboxylic acids is 1. The van der Waals surface area contributed by atoms with Crippen molar-refractivity contribution in [1.82, 2.24) is 0 Å². The number of hydrogen-bond acceptors (Lipinski definition) is 1. The summed E-state index contributed by atoms with van der Waals surface area (Å²) >= 11 is 0. The summed E-state index contributed by atoms with van der Waals surface area (Å²) in [7, 11) is 0. The summed E-state index contributed by atoms with van der Waals surface area (Å²) in [4.78, 5) is 11.7. The Balaban J connectivity index is 1.28. The highest BCUT2D eigenvalue weighted by molar-refractivity contribution is 5.85. The molecule has 0 radical (unpaired) electrons. The Morgan fingerprint density at radius 2 is 1.21 bits per heavy atom. The highest BCUT2D eigenvalue weighted by atomic mass is 16.4. The van der Waals surface area contributed by atoms with E-state index in [1.54, 1.807) is 0 Å². The maximum absolute atomic E-state index is 11.7. The Kier molecular flexibility index (Phi) is 4.25. The summed E-state index contributed by atoms with van der Waals surface area (Å²) in [6.45, 7) is 1.85. The van der Waals surface area contributed by atoms with E-state index >= 15 is 0 Å². The number of carboxylic acid groups (broad SMARTS) is 1. The standard InChI is InChI=1S/C26H38O2/c1-14(26(27)28)2-21(25-22-9-17-4-18(11-22)12-23(25)10-17)13-24-19-5-15-3-16(7-19)8-20(24)6-15/h2,15-25H,3-13H2,1H3,(H,27,28). The second-order valence-corrected chi connectivity index (χ2v) is 12.2. The molecule has 0 aromatic rings. The van der Waals surface area contributed by atoms with Crippen LogP contribution >= 0.6 is 0 Å². The molecule has 0 amide bonds. The van der Waals surface area contributed by atoms with Gasteiger partial charge in [0.15, 0.2) is 0 Å². The predicted molar refractivity (Wildman–Crippen MR) is 111 cm³/mol. The fraction of sp³-hybridized carbons (Fsp3) is 0.885. The molecule has 2 heteroatoms. The summed E-state index contributed by atoms with van der Waals surface area (Å²) in [5, 5.41) is 9.62. The quantitative estimate of drug-likeness (QED) is 0.577. The lowest BCUT2D eigenvalue weighted by Crippen LogP contribution is -2.49. The topological polar surface area (TPSA) is 37.3 Å². The maximum Gasteiger partial charge on any atom is 0.330 e. The molecule has 0 spiro atoms. The number of carboxylic acids is 1. The summed E-state index contributed by atoms with van der Waals surface area (Å²) in [5.74, 6) is 9.34. The van der Waals surface area contributed by atoms with Gasteiger partial charge in [0, 0.05) is 5.57 Å². The molecule has 0 aliphatic heterocycles. The molecule has 0 aromatic heterocycles. The third kappa shape index (κ3) is 2.91. The molecule has 0 aromatic carbocycles. The van der Waals surface area contributed by atoms with Gasteiger partial charge in [-0.2, -0.15) is 0 Å². The first-order valence-corrected chi connectivity index (χ1v) is 12.4. The lowest BCUT2D eigenvalue weighted by Gasteiger charge is -2.58. The molecule has 8 bridgehead atoms. The Labute approximate surface area is 170 Å². The molecule has 28 heavy (non-hydrogen) atoms. The van der Waals surface area contributed by atoms with Gasteiger partial charge in [0.05, 0.1) is 0 Å². The minimum atomic E-state index is -0.695. The van der Waals surface area contributed by atoms with Gasteiger partial charge in [0.25, 0.3) is 0 Å². The zero-order valence-corrected chi connectivity index (χ0v) is 17.6. The van der Waals surface area contributed by atoms with Crippen molar-refractivity contribution in [3.8, 4) is 0 Å². The molecular formula is C26H38O2. The molecule has 2 nitrogen and oxygen atoms in total. The van der Waals surface area contributed by atoms with Crippen molar-refractivity contribution in [2.45, 2.75) is 77.6 Å². The summed E-state index contributed by atoms with van der Waals surface area (Å²) in [5.41, 5.74) is 0.614. The third-order valence-electron chi connectivity index (χ3n) is 10.6. The second kappa shape index (κ2) is 6.61. The van der Waals surface area contributed by atoms with Crippen LogP contribution in [-0.4, -0.2) is 11.1 Å². The van der Waals surface area contributed by atoms with Gasteiger partial charge >= 0.3 is 5.97 Å². The van der Waals surface area contributed by atoms with E-state index in [0.29, 0.717) is 11.5 Å².